The Bertz CT molecular complexity index is 546. The third kappa shape index (κ3) is 22.3. The van der Waals surface area contributed by atoms with E-state index in [1.165, 1.54) is 0 Å². The summed E-state index contributed by atoms with van der Waals surface area (Å²) >= 11 is 0. The molecule has 0 heterocycles. The van der Waals surface area contributed by atoms with Crippen molar-refractivity contribution in [2.24, 2.45) is 5.73 Å². The van der Waals surface area contributed by atoms with Crippen LogP contribution in [0.5, 0.6) is 0 Å². The van der Waals surface area contributed by atoms with Gasteiger partial charge in [0.15, 0.2) is 6.10 Å². The van der Waals surface area contributed by atoms with Gasteiger partial charge >= 0.3 is 0 Å². The number of ether oxygens (including phenoxy) is 6. The molecule has 0 aliphatic rings. The third-order valence-corrected chi connectivity index (χ3v) is 4.59. The van der Waals surface area contributed by atoms with Gasteiger partial charge in [0.1, 0.15) is 6.10 Å². The van der Waals surface area contributed by atoms with E-state index in [1.807, 2.05) is 6.92 Å². The van der Waals surface area contributed by atoms with Gasteiger partial charge in [0.25, 0.3) is 5.91 Å². The summed E-state index contributed by atoms with van der Waals surface area (Å²) in [5.74, 6) is -1.45. The van der Waals surface area contributed by atoms with Crippen LogP contribution in [0.4, 0.5) is 0 Å². The van der Waals surface area contributed by atoms with E-state index in [9.17, 15) is 24.9 Å². The van der Waals surface area contributed by atoms with Gasteiger partial charge in [-0.15, -0.1) is 0 Å². The normalized spacial score (nSPS) is 13.8. The zero-order valence-corrected chi connectivity index (χ0v) is 21.9. The maximum Gasteiger partial charge on any atom is 0.251 e. The van der Waals surface area contributed by atoms with Gasteiger partial charge in [-0.05, 0) is 6.42 Å². The van der Waals surface area contributed by atoms with Crippen LogP contribution in [0.25, 0.3) is 0 Å². The molecule has 0 aliphatic carbocycles. The number of nitrogens with two attached hydrogens (primary N) is 1. The highest BCUT2D eigenvalue weighted by molar-refractivity contribution is 5.81. The SMILES string of the molecule is CCCOCCOCCOCCNC(=O)[C@@H](O)[C@H](O)[C@H](O)CC(=O)NCCOCCOCCOCCN. The second-order valence-corrected chi connectivity index (χ2v) is 7.81. The number of nitrogens with one attached hydrogen (secondary N) is 2. The van der Waals surface area contributed by atoms with Crippen molar-refractivity contribution in [3.8, 4) is 0 Å². The highest BCUT2D eigenvalue weighted by atomic mass is 16.5. The smallest absolute Gasteiger partial charge is 0.251 e. The van der Waals surface area contributed by atoms with Crippen LogP contribution in [-0.4, -0.2) is 144 Å². The molecule has 0 saturated carbocycles. The van der Waals surface area contributed by atoms with Gasteiger partial charge in [-0.25, -0.2) is 0 Å². The molecule has 2 amide bonds. The molecule has 7 N–H and O–H groups in total. The minimum atomic E-state index is -1.90. The number of aliphatic hydroxyl groups excluding tert-OH is 3. The second kappa shape index (κ2) is 26.2. The molecule has 3 atom stereocenters. The lowest BCUT2D eigenvalue weighted by molar-refractivity contribution is -0.143. The standard InChI is InChI=1S/C23H47N3O11/c1-2-6-32-10-14-36-17-13-35-9-5-26-23(31)22(30)21(29)19(27)18-20(28)25-4-8-34-12-16-37-15-11-33-7-3-24/h19,21-22,27,29-30H,2-18,24H2,1H3,(H,25,28)(H,26,31)/t19-,21-,22+/m1/s1. The fraction of sp³-hybridized carbons (Fsp3) is 0.913. The molecular formula is C23H47N3O11. The van der Waals surface area contributed by atoms with Crippen LogP contribution in [0.1, 0.15) is 19.8 Å². The molecule has 37 heavy (non-hydrogen) atoms. The third-order valence-electron chi connectivity index (χ3n) is 4.59. The molecule has 14 nitrogen and oxygen atoms in total. The minimum Gasteiger partial charge on any atom is -0.390 e. The van der Waals surface area contributed by atoms with Crippen molar-refractivity contribution in [3.63, 3.8) is 0 Å². The lowest BCUT2D eigenvalue weighted by Gasteiger charge is -2.22. The highest BCUT2D eigenvalue weighted by Crippen LogP contribution is 2.05. The molecular weight excluding hydrogens is 494 g/mol. The molecule has 0 aliphatic heterocycles. The summed E-state index contributed by atoms with van der Waals surface area (Å²) in [5, 5.41) is 34.8. The summed E-state index contributed by atoms with van der Waals surface area (Å²) in [4.78, 5) is 23.8. The summed E-state index contributed by atoms with van der Waals surface area (Å²) in [6.45, 7) is 7.65. The number of carbonyl (C=O) groups is 2. The van der Waals surface area contributed by atoms with E-state index in [2.05, 4.69) is 10.6 Å². The quantitative estimate of drug-likeness (QED) is 0.0583. The lowest BCUT2D eigenvalue weighted by atomic mass is 10.0. The first-order valence-electron chi connectivity index (χ1n) is 12.7. The maximum atomic E-state index is 12.0. The molecule has 0 radical (unpaired) electrons. The lowest BCUT2D eigenvalue weighted by Crippen LogP contribution is -2.49. The number of hydrogen-bond donors (Lipinski definition) is 6. The van der Waals surface area contributed by atoms with Crippen molar-refractivity contribution >= 4 is 11.8 Å². The average molecular weight is 542 g/mol. The van der Waals surface area contributed by atoms with Crippen molar-refractivity contribution in [2.45, 2.75) is 38.1 Å². The van der Waals surface area contributed by atoms with Gasteiger partial charge < -0.3 is 60.1 Å². The number of amides is 2. The zero-order chi connectivity index (χ0) is 27.6. The number of rotatable bonds is 27. The van der Waals surface area contributed by atoms with E-state index in [0.717, 1.165) is 6.42 Å². The van der Waals surface area contributed by atoms with Gasteiger partial charge in [0.05, 0.1) is 85.2 Å². The fourth-order valence-electron chi connectivity index (χ4n) is 2.67. The van der Waals surface area contributed by atoms with Crippen LogP contribution in [0, 0.1) is 0 Å². The summed E-state index contributed by atoms with van der Waals surface area (Å²) in [6.07, 6.45) is -4.91. The van der Waals surface area contributed by atoms with E-state index in [4.69, 9.17) is 34.2 Å². The van der Waals surface area contributed by atoms with Crippen molar-refractivity contribution in [1.82, 2.24) is 10.6 Å². The zero-order valence-electron chi connectivity index (χ0n) is 21.9. The molecule has 0 saturated heterocycles. The fourth-order valence-corrected chi connectivity index (χ4v) is 2.67. The maximum absolute atomic E-state index is 12.0. The van der Waals surface area contributed by atoms with Gasteiger partial charge in [-0.1, -0.05) is 6.92 Å². The second-order valence-electron chi connectivity index (χ2n) is 7.81. The Balaban J connectivity index is 3.74. The van der Waals surface area contributed by atoms with E-state index in [0.29, 0.717) is 72.6 Å². The molecule has 0 aromatic heterocycles. The molecule has 0 unspecified atom stereocenters. The Morgan fingerprint density at radius 1 is 0.676 bits per heavy atom. The molecule has 0 fully saturated rings. The van der Waals surface area contributed by atoms with Crippen LogP contribution in [0.3, 0.4) is 0 Å². The summed E-state index contributed by atoms with van der Waals surface area (Å²) in [6, 6.07) is 0. The first-order valence-corrected chi connectivity index (χ1v) is 12.7. The van der Waals surface area contributed by atoms with E-state index in [-0.39, 0.29) is 26.3 Å². The van der Waals surface area contributed by atoms with Crippen molar-refractivity contribution in [1.29, 1.82) is 0 Å². The Labute approximate surface area is 219 Å². The van der Waals surface area contributed by atoms with E-state index in [1.54, 1.807) is 0 Å². The van der Waals surface area contributed by atoms with Crippen molar-refractivity contribution in [2.75, 3.05) is 98.9 Å². The Morgan fingerprint density at radius 3 is 1.59 bits per heavy atom. The molecule has 14 heteroatoms. The Hall–Kier alpha value is -1.46. The predicted octanol–water partition coefficient (Wildman–Crippen LogP) is -2.84. The van der Waals surface area contributed by atoms with Gasteiger partial charge in [0, 0.05) is 26.2 Å². The monoisotopic (exact) mass is 541 g/mol. The first-order chi connectivity index (χ1) is 17.9. The first kappa shape index (κ1) is 35.5. The van der Waals surface area contributed by atoms with Gasteiger partial charge in [-0.3, -0.25) is 9.59 Å². The van der Waals surface area contributed by atoms with Crippen LogP contribution < -0.4 is 16.4 Å². The Morgan fingerprint density at radius 2 is 1.11 bits per heavy atom. The van der Waals surface area contributed by atoms with Crippen LogP contribution in [0.15, 0.2) is 0 Å². The number of hydrogen-bond acceptors (Lipinski definition) is 12. The highest BCUT2D eigenvalue weighted by Gasteiger charge is 2.31. The number of aliphatic hydroxyl groups is 3. The molecule has 0 aromatic rings. The van der Waals surface area contributed by atoms with Crippen molar-refractivity contribution in [3.05, 3.63) is 0 Å². The summed E-state index contributed by atoms with van der Waals surface area (Å²) in [5.41, 5.74) is 5.29. The van der Waals surface area contributed by atoms with E-state index >= 15 is 0 Å². The minimum absolute atomic E-state index is 0.0892. The number of carbonyl (C=O) groups excluding carboxylic acids is 2. The van der Waals surface area contributed by atoms with Gasteiger partial charge in [0.2, 0.25) is 5.91 Å². The molecule has 0 aromatic carbocycles. The average Bonchev–Trinajstić information content (AvgIpc) is 2.89. The largest absolute Gasteiger partial charge is 0.390 e. The van der Waals surface area contributed by atoms with Crippen LogP contribution >= 0.6 is 0 Å². The summed E-state index contributed by atoms with van der Waals surface area (Å²) in [7, 11) is 0. The summed E-state index contributed by atoms with van der Waals surface area (Å²) < 4.78 is 31.6. The Kier molecular flexibility index (Phi) is 25.1. The predicted molar refractivity (Wildman–Crippen MR) is 133 cm³/mol. The van der Waals surface area contributed by atoms with Gasteiger partial charge in [-0.2, -0.15) is 0 Å². The topological polar surface area (TPSA) is 200 Å². The molecule has 0 bridgehead atoms. The van der Waals surface area contributed by atoms with Crippen molar-refractivity contribution < 1.29 is 53.3 Å². The molecule has 0 rings (SSSR count). The van der Waals surface area contributed by atoms with E-state index < -0.39 is 36.5 Å². The molecule has 220 valence electrons. The van der Waals surface area contributed by atoms with Crippen LogP contribution in [-0.2, 0) is 38.0 Å². The molecule has 0 spiro atoms. The van der Waals surface area contributed by atoms with Crippen LogP contribution in [0.2, 0.25) is 0 Å².